The second-order valence-electron chi connectivity index (χ2n) is 5.26. The second-order valence-corrected chi connectivity index (χ2v) is 5.26. The molecule has 1 amide bonds. The first-order chi connectivity index (χ1) is 12.5. The van der Waals surface area contributed by atoms with Crippen LogP contribution in [0, 0.1) is 10.1 Å². The molecule has 8 heteroatoms. The first-order valence-corrected chi connectivity index (χ1v) is 7.89. The highest BCUT2D eigenvalue weighted by atomic mass is 16.6. The molecule has 0 unspecified atom stereocenters. The van der Waals surface area contributed by atoms with Crippen molar-refractivity contribution in [2.45, 2.75) is 13.3 Å². The fourth-order valence-electron chi connectivity index (χ4n) is 2.16. The SMILES string of the molecule is CCc1ccc(/C=N\NC(=O)COc2ccc(OC)cc2)cc1[N+](=O)[O-]. The third kappa shape index (κ3) is 5.30. The van der Waals surface area contributed by atoms with E-state index < -0.39 is 10.8 Å². The van der Waals surface area contributed by atoms with E-state index in [2.05, 4.69) is 10.5 Å². The van der Waals surface area contributed by atoms with E-state index in [1.807, 2.05) is 6.92 Å². The number of carbonyl (C=O) groups excluding carboxylic acids is 1. The highest BCUT2D eigenvalue weighted by Gasteiger charge is 2.12. The predicted octanol–water partition coefficient (Wildman–Crippen LogP) is 2.69. The zero-order chi connectivity index (χ0) is 18.9. The Kier molecular flexibility index (Phi) is 6.67. The Balaban J connectivity index is 1.88. The Morgan fingerprint density at radius 1 is 1.23 bits per heavy atom. The Morgan fingerprint density at radius 3 is 2.54 bits per heavy atom. The van der Waals surface area contributed by atoms with E-state index in [4.69, 9.17) is 9.47 Å². The lowest BCUT2D eigenvalue weighted by molar-refractivity contribution is -0.385. The van der Waals surface area contributed by atoms with E-state index in [0.29, 0.717) is 29.0 Å². The van der Waals surface area contributed by atoms with Gasteiger partial charge in [-0.15, -0.1) is 0 Å². The molecule has 2 rings (SSSR count). The molecule has 0 saturated heterocycles. The van der Waals surface area contributed by atoms with Crippen molar-refractivity contribution in [1.82, 2.24) is 5.43 Å². The number of methoxy groups -OCH3 is 1. The third-order valence-electron chi connectivity index (χ3n) is 3.52. The van der Waals surface area contributed by atoms with Gasteiger partial charge in [0.1, 0.15) is 11.5 Å². The molecule has 0 heterocycles. The Labute approximate surface area is 150 Å². The van der Waals surface area contributed by atoms with Crippen LogP contribution in [0.4, 0.5) is 5.69 Å². The predicted molar refractivity (Wildman–Crippen MR) is 96.7 cm³/mol. The number of benzene rings is 2. The minimum atomic E-state index is -0.447. The monoisotopic (exact) mass is 357 g/mol. The van der Waals surface area contributed by atoms with Gasteiger partial charge in [-0.25, -0.2) is 5.43 Å². The molecule has 0 atom stereocenters. The highest BCUT2D eigenvalue weighted by Crippen LogP contribution is 2.20. The van der Waals surface area contributed by atoms with Gasteiger partial charge in [-0.1, -0.05) is 19.1 Å². The molecule has 0 aliphatic heterocycles. The van der Waals surface area contributed by atoms with Gasteiger partial charge in [0, 0.05) is 17.2 Å². The number of ether oxygens (including phenoxy) is 2. The summed E-state index contributed by atoms with van der Waals surface area (Å²) in [4.78, 5) is 22.3. The number of nitro groups is 1. The molecule has 0 bridgehead atoms. The molecule has 26 heavy (non-hydrogen) atoms. The van der Waals surface area contributed by atoms with E-state index >= 15 is 0 Å². The number of nitro benzene ring substituents is 1. The normalized spacial score (nSPS) is 10.5. The van der Waals surface area contributed by atoms with Gasteiger partial charge in [-0.3, -0.25) is 14.9 Å². The van der Waals surface area contributed by atoms with Crippen LogP contribution in [-0.4, -0.2) is 30.8 Å². The van der Waals surface area contributed by atoms with Crippen LogP contribution in [0.25, 0.3) is 0 Å². The van der Waals surface area contributed by atoms with Gasteiger partial charge in [0.2, 0.25) is 0 Å². The molecule has 0 aromatic heterocycles. The molecule has 0 spiro atoms. The molecule has 0 radical (unpaired) electrons. The van der Waals surface area contributed by atoms with Gasteiger partial charge in [-0.05, 0) is 30.7 Å². The van der Waals surface area contributed by atoms with E-state index in [1.165, 1.54) is 12.3 Å². The Hall–Kier alpha value is -3.42. The molecule has 2 aromatic rings. The second kappa shape index (κ2) is 9.16. The van der Waals surface area contributed by atoms with Crippen LogP contribution in [0.5, 0.6) is 11.5 Å². The number of hydrazone groups is 1. The van der Waals surface area contributed by atoms with Crippen molar-refractivity contribution in [1.29, 1.82) is 0 Å². The summed E-state index contributed by atoms with van der Waals surface area (Å²) in [6, 6.07) is 11.6. The maximum absolute atomic E-state index is 11.7. The number of amides is 1. The van der Waals surface area contributed by atoms with Crippen molar-refractivity contribution in [3.05, 3.63) is 63.7 Å². The largest absolute Gasteiger partial charge is 0.497 e. The van der Waals surface area contributed by atoms with Crippen molar-refractivity contribution in [2.75, 3.05) is 13.7 Å². The van der Waals surface area contributed by atoms with Crippen LogP contribution < -0.4 is 14.9 Å². The summed E-state index contributed by atoms with van der Waals surface area (Å²) in [6.07, 6.45) is 1.91. The van der Waals surface area contributed by atoms with Crippen LogP contribution >= 0.6 is 0 Å². The van der Waals surface area contributed by atoms with Crippen LogP contribution in [0.1, 0.15) is 18.1 Å². The van der Waals surface area contributed by atoms with Crippen molar-refractivity contribution in [3.8, 4) is 11.5 Å². The first kappa shape index (κ1) is 18.9. The van der Waals surface area contributed by atoms with Crippen LogP contribution in [-0.2, 0) is 11.2 Å². The fraction of sp³-hybridized carbons (Fsp3) is 0.222. The van der Waals surface area contributed by atoms with Gasteiger partial charge in [0.15, 0.2) is 6.61 Å². The summed E-state index contributed by atoms with van der Waals surface area (Å²) in [5.74, 6) is 0.766. The average molecular weight is 357 g/mol. The summed E-state index contributed by atoms with van der Waals surface area (Å²) in [5, 5.41) is 14.8. The van der Waals surface area contributed by atoms with E-state index in [0.717, 1.165) is 0 Å². The maximum Gasteiger partial charge on any atom is 0.277 e. The molecular formula is C18H19N3O5. The number of nitrogens with zero attached hydrogens (tertiary/aromatic N) is 2. The third-order valence-corrected chi connectivity index (χ3v) is 3.52. The van der Waals surface area contributed by atoms with Crippen LogP contribution in [0.3, 0.4) is 0 Å². The summed E-state index contributed by atoms with van der Waals surface area (Å²) in [7, 11) is 1.56. The van der Waals surface area contributed by atoms with E-state index in [1.54, 1.807) is 43.5 Å². The lowest BCUT2D eigenvalue weighted by atomic mass is 10.1. The minimum Gasteiger partial charge on any atom is -0.497 e. The minimum absolute atomic E-state index is 0.0330. The summed E-state index contributed by atoms with van der Waals surface area (Å²) >= 11 is 0. The summed E-state index contributed by atoms with van der Waals surface area (Å²) < 4.78 is 10.4. The number of hydrogen-bond donors (Lipinski definition) is 1. The maximum atomic E-state index is 11.7. The van der Waals surface area contributed by atoms with Gasteiger partial charge in [0.25, 0.3) is 11.6 Å². The van der Waals surface area contributed by atoms with Crippen molar-refractivity contribution in [2.24, 2.45) is 5.10 Å². The van der Waals surface area contributed by atoms with E-state index in [-0.39, 0.29) is 12.3 Å². The van der Waals surface area contributed by atoms with Gasteiger partial charge in [0.05, 0.1) is 18.2 Å². The van der Waals surface area contributed by atoms with Crippen LogP contribution in [0.15, 0.2) is 47.6 Å². The number of hydrogen-bond acceptors (Lipinski definition) is 6. The average Bonchev–Trinajstić information content (AvgIpc) is 2.66. The summed E-state index contributed by atoms with van der Waals surface area (Å²) in [5.41, 5.74) is 3.51. The van der Waals surface area contributed by atoms with E-state index in [9.17, 15) is 14.9 Å². The molecule has 136 valence electrons. The molecular weight excluding hydrogens is 338 g/mol. The standard InChI is InChI=1S/C18H19N3O5/c1-3-14-5-4-13(10-17(14)21(23)24)11-19-20-18(22)12-26-16-8-6-15(25-2)7-9-16/h4-11H,3,12H2,1-2H3,(H,20,22)/b19-11-. The lowest BCUT2D eigenvalue weighted by Gasteiger charge is -2.06. The first-order valence-electron chi connectivity index (χ1n) is 7.89. The summed E-state index contributed by atoms with van der Waals surface area (Å²) in [6.45, 7) is 1.64. The zero-order valence-corrected chi connectivity index (χ0v) is 14.5. The molecule has 1 N–H and O–H groups in total. The van der Waals surface area contributed by atoms with Gasteiger partial charge in [-0.2, -0.15) is 5.10 Å². The quantitative estimate of drug-likeness (QED) is 0.444. The molecule has 8 nitrogen and oxygen atoms in total. The lowest BCUT2D eigenvalue weighted by Crippen LogP contribution is -2.24. The van der Waals surface area contributed by atoms with Gasteiger partial charge >= 0.3 is 0 Å². The smallest absolute Gasteiger partial charge is 0.277 e. The molecule has 0 aliphatic carbocycles. The fourth-order valence-corrected chi connectivity index (χ4v) is 2.16. The molecule has 0 aliphatic rings. The number of nitrogens with one attached hydrogen (secondary N) is 1. The molecule has 2 aromatic carbocycles. The van der Waals surface area contributed by atoms with Gasteiger partial charge < -0.3 is 9.47 Å². The molecule has 0 saturated carbocycles. The van der Waals surface area contributed by atoms with Crippen molar-refractivity contribution < 1.29 is 19.2 Å². The Bertz CT molecular complexity index is 803. The van der Waals surface area contributed by atoms with Crippen molar-refractivity contribution >= 4 is 17.8 Å². The van der Waals surface area contributed by atoms with Crippen LogP contribution in [0.2, 0.25) is 0 Å². The topological polar surface area (TPSA) is 103 Å². The van der Waals surface area contributed by atoms with Crippen molar-refractivity contribution in [3.63, 3.8) is 0 Å². The molecule has 0 fully saturated rings. The number of rotatable bonds is 8. The zero-order valence-electron chi connectivity index (χ0n) is 14.5. The Morgan fingerprint density at radius 2 is 1.92 bits per heavy atom. The highest BCUT2D eigenvalue weighted by molar-refractivity contribution is 5.83. The number of aryl methyl sites for hydroxylation is 1. The number of carbonyl (C=O) groups is 1.